The Morgan fingerprint density at radius 3 is 2.93 bits per heavy atom. The van der Waals surface area contributed by atoms with E-state index in [0.29, 0.717) is 0 Å². The predicted molar refractivity (Wildman–Crippen MR) is 63.1 cm³/mol. The third kappa shape index (κ3) is 1.91. The molecule has 0 radical (unpaired) electrons. The number of nitrogens with two attached hydrogens (primary N) is 1. The molecule has 2 rings (SSSR count). The van der Waals surface area contributed by atoms with Crippen LogP contribution in [0.2, 0.25) is 0 Å². The summed E-state index contributed by atoms with van der Waals surface area (Å²) < 4.78 is 0. The molecule has 0 fully saturated rings. The molecule has 0 unspecified atom stereocenters. The molecule has 0 saturated carbocycles. The molecular formula is C12H13N3. The number of fused-ring (bicyclic) bond motifs is 1. The highest BCUT2D eigenvalue weighted by Gasteiger charge is 2.01. The fourth-order valence-electron chi connectivity index (χ4n) is 1.42. The summed E-state index contributed by atoms with van der Waals surface area (Å²) in [6.45, 7) is 2.00. The van der Waals surface area contributed by atoms with Crippen LogP contribution in [0.3, 0.4) is 0 Å². The topological polar surface area (TPSA) is 54.7 Å². The van der Waals surface area contributed by atoms with Gasteiger partial charge in [-0.25, -0.2) is 4.98 Å². The van der Waals surface area contributed by atoms with E-state index in [4.69, 9.17) is 5.73 Å². The second-order valence-electron chi connectivity index (χ2n) is 3.34. The number of para-hydroxylation sites is 2. The maximum absolute atomic E-state index is 5.27. The molecule has 0 atom stereocenters. The largest absolute Gasteiger partial charge is 0.405 e. The number of hydrogen-bond acceptors (Lipinski definition) is 2. The van der Waals surface area contributed by atoms with Gasteiger partial charge in [-0.05, 0) is 36.9 Å². The molecule has 0 amide bonds. The van der Waals surface area contributed by atoms with Crippen LogP contribution in [0.5, 0.6) is 0 Å². The Morgan fingerprint density at radius 1 is 1.40 bits per heavy atom. The summed E-state index contributed by atoms with van der Waals surface area (Å²) in [5.74, 6) is 0.884. The second kappa shape index (κ2) is 4.00. The van der Waals surface area contributed by atoms with Crippen LogP contribution in [0.4, 0.5) is 0 Å². The van der Waals surface area contributed by atoms with Crippen molar-refractivity contribution in [2.24, 2.45) is 5.73 Å². The zero-order valence-electron chi connectivity index (χ0n) is 8.57. The Labute approximate surface area is 88.3 Å². The molecule has 1 heterocycles. The van der Waals surface area contributed by atoms with Crippen LogP contribution in [0.1, 0.15) is 12.7 Å². The van der Waals surface area contributed by atoms with Gasteiger partial charge in [-0.3, -0.25) is 0 Å². The van der Waals surface area contributed by atoms with Crippen LogP contribution in [-0.4, -0.2) is 9.97 Å². The van der Waals surface area contributed by atoms with E-state index in [2.05, 4.69) is 9.97 Å². The highest BCUT2D eigenvalue weighted by atomic mass is 14.9. The van der Waals surface area contributed by atoms with Crippen LogP contribution in [0, 0.1) is 0 Å². The number of imidazole rings is 1. The van der Waals surface area contributed by atoms with Gasteiger partial charge in [0.15, 0.2) is 0 Å². The Bertz CT molecular complexity index is 487. The van der Waals surface area contributed by atoms with Crippen LogP contribution in [0.15, 0.2) is 42.6 Å². The molecule has 0 aliphatic rings. The Kier molecular flexibility index (Phi) is 2.54. The van der Waals surface area contributed by atoms with E-state index in [1.54, 1.807) is 6.08 Å². The predicted octanol–water partition coefficient (Wildman–Crippen LogP) is 2.44. The van der Waals surface area contributed by atoms with Gasteiger partial charge in [0.2, 0.25) is 0 Å². The van der Waals surface area contributed by atoms with Crippen LogP contribution < -0.4 is 5.73 Å². The quantitative estimate of drug-likeness (QED) is 0.730. The zero-order chi connectivity index (χ0) is 10.7. The molecular weight excluding hydrogens is 186 g/mol. The van der Waals surface area contributed by atoms with Crippen molar-refractivity contribution >= 4 is 16.6 Å². The number of allylic oxidation sites excluding steroid dienone is 3. The summed E-state index contributed by atoms with van der Waals surface area (Å²) in [4.78, 5) is 7.72. The number of aromatic nitrogens is 2. The Hall–Kier alpha value is -2.03. The first-order chi connectivity index (χ1) is 7.31. The number of H-pyrrole nitrogens is 1. The van der Waals surface area contributed by atoms with E-state index in [9.17, 15) is 0 Å². The van der Waals surface area contributed by atoms with Crippen molar-refractivity contribution in [3.05, 3.63) is 48.4 Å². The summed E-state index contributed by atoms with van der Waals surface area (Å²) in [6.07, 6.45) is 5.23. The lowest BCUT2D eigenvalue weighted by atomic mass is 10.2. The van der Waals surface area contributed by atoms with Gasteiger partial charge in [0, 0.05) is 0 Å². The monoisotopic (exact) mass is 199 g/mol. The smallest absolute Gasteiger partial charge is 0.134 e. The van der Waals surface area contributed by atoms with Crippen molar-refractivity contribution in [2.45, 2.75) is 6.92 Å². The van der Waals surface area contributed by atoms with Gasteiger partial charge in [-0.15, -0.1) is 0 Å². The van der Waals surface area contributed by atoms with Gasteiger partial charge in [-0.1, -0.05) is 18.2 Å². The minimum atomic E-state index is 0.884. The fourth-order valence-corrected chi connectivity index (χ4v) is 1.42. The van der Waals surface area contributed by atoms with E-state index < -0.39 is 0 Å². The normalized spacial score (nSPS) is 12.7. The molecule has 3 nitrogen and oxygen atoms in total. The van der Waals surface area contributed by atoms with E-state index >= 15 is 0 Å². The maximum Gasteiger partial charge on any atom is 0.134 e. The van der Waals surface area contributed by atoms with Crippen molar-refractivity contribution in [3.63, 3.8) is 0 Å². The SMILES string of the molecule is C/C(=C\C=C/N)c1nc2ccccc2[nH]1. The molecule has 3 heteroatoms. The molecule has 15 heavy (non-hydrogen) atoms. The number of hydrogen-bond donors (Lipinski definition) is 2. The minimum Gasteiger partial charge on any atom is -0.405 e. The Balaban J connectivity index is 2.44. The number of benzene rings is 1. The summed E-state index contributed by atoms with van der Waals surface area (Å²) in [6, 6.07) is 7.97. The third-order valence-electron chi connectivity index (χ3n) is 2.22. The molecule has 0 saturated heterocycles. The van der Waals surface area contributed by atoms with Crippen LogP contribution >= 0.6 is 0 Å². The number of nitrogens with zero attached hydrogens (tertiary/aromatic N) is 1. The summed E-state index contributed by atoms with van der Waals surface area (Å²) in [7, 11) is 0. The highest BCUT2D eigenvalue weighted by molar-refractivity contribution is 5.78. The average Bonchev–Trinajstić information content (AvgIpc) is 2.69. The first-order valence-corrected chi connectivity index (χ1v) is 4.81. The van der Waals surface area contributed by atoms with Crippen molar-refractivity contribution in [2.75, 3.05) is 0 Å². The number of aromatic amines is 1. The molecule has 2 aromatic rings. The highest BCUT2D eigenvalue weighted by Crippen LogP contribution is 2.15. The first kappa shape index (κ1) is 9.52. The van der Waals surface area contributed by atoms with E-state index in [1.807, 2.05) is 37.3 Å². The second-order valence-corrected chi connectivity index (χ2v) is 3.34. The number of rotatable bonds is 2. The molecule has 0 bridgehead atoms. The first-order valence-electron chi connectivity index (χ1n) is 4.81. The van der Waals surface area contributed by atoms with Crippen molar-refractivity contribution in [3.8, 4) is 0 Å². The van der Waals surface area contributed by atoms with Crippen LogP contribution in [0.25, 0.3) is 16.6 Å². The Morgan fingerprint density at radius 2 is 2.20 bits per heavy atom. The average molecular weight is 199 g/mol. The van der Waals surface area contributed by atoms with Crippen molar-refractivity contribution in [1.82, 2.24) is 9.97 Å². The lowest BCUT2D eigenvalue weighted by Crippen LogP contribution is -1.82. The third-order valence-corrected chi connectivity index (χ3v) is 2.22. The van der Waals surface area contributed by atoms with Gasteiger partial charge >= 0.3 is 0 Å². The molecule has 0 spiro atoms. The summed E-state index contributed by atoms with van der Waals surface area (Å²) in [5.41, 5.74) is 8.37. The fraction of sp³-hybridized carbons (Fsp3) is 0.0833. The lowest BCUT2D eigenvalue weighted by molar-refractivity contribution is 1.25. The molecule has 0 aliphatic carbocycles. The maximum atomic E-state index is 5.27. The summed E-state index contributed by atoms with van der Waals surface area (Å²) >= 11 is 0. The van der Waals surface area contributed by atoms with Crippen molar-refractivity contribution in [1.29, 1.82) is 0 Å². The van der Waals surface area contributed by atoms with E-state index in [1.165, 1.54) is 6.20 Å². The molecule has 0 aliphatic heterocycles. The standard InChI is InChI=1S/C12H13N3/c1-9(5-4-8-13)12-14-10-6-2-3-7-11(10)15-12/h2-8H,13H2,1H3,(H,14,15)/b8-4-,9-5+. The molecule has 1 aromatic carbocycles. The van der Waals surface area contributed by atoms with E-state index in [-0.39, 0.29) is 0 Å². The molecule has 1 aromatic heterocycles. The minimum absolute atomic E-state index is 0.884. The lowest BCUT2D eigenvalue weighted by Gasteiger charge is -1.91. The number of nitrogens with one attached hydrogen (secondary N) is 1. The zero-order valence-corrected chi connectivity index (χ0v) is 8.57. The van der Waals surface area contributed by atoms with Crippen LogP contribution in [-0.2, 0) is 0 Å². The van der Waals surface area contributed by atoms with Gasteiger partial charge in [-0.2, -0.15) is 0 Å². The van der Waals surface area contributed by atoms with Crippen molar-refractivity contribution < 1.29 is 0 Å². The molecule has 3 N–H and O–H groups in total. The van der Waals surface area contributed by atoms with Gasteiger partial charge < -0.3 is 10.7 Å². The molecule has 76 valence electrons. The van der Waals surface area contributed by atoms with E-state index in [0.717, 1.165) is 22.4 Å². The van der Waals surface area contributed by atoms with Gasteiger partial charge in [0.1, 0.15) is 5.82 Å². The van der Waals surface area contributed by atoms with Gasteiger partial charge in [0.05, 0.1) is 11.0 Å². The summed E-state index contributed by atoms with van der Waals surface area (Å²) in [5, 5.41) is 0. The van der Waals surface area contributed by atoms with Gasteiger partial charge in [0.25, 0.3) is 0 Å².